The molecule has 0 atom stereocenters. The van der Waals surface area contributed by atoms with Gasteiger partial charge in [-0.15, -0.1) is 0 Å². The van der Waals surface area contributed by atoms with E-state index in [2.05, 4.69) is 10.6 Å². The minimum Gasteiger partial charge on any atom is -0.497 e. The van der Waals surface area contributed by atoms with E-state index in [1.54, 1.807) is 14.2 Å². The van der Waals surface area contributed by atoms with E-state index in [1.807, 2.05) is 37.5 Å². The second-order valence-corrected chi connectivity index (χ2v) is 3.57. The van der Waals surface area contributed by atoms with Crippen LogP contribution in [0.3, 0.4) is 0 Å². The van der Waals surface area contributed by atoms with E-state index in [9.17, 15) is 0 Å². The van der Waals surface area contributed by atoms with Gasteiger partial charge < -0.3 is 14.0 Å². The van der Waals surface area contributed by atoms with Crippen LogP contribution in [-0.4, -0.2) is 18.8 Å². The molecule has 0 saturated heterocycles. The third-order valence-electron chi connectivity index (χ3n) is 2.63. The zero-order chi connectivity index (χ0) is 11.5. The summed E-state index contributed by atoms with van der Waals surface area (Å²) in [6, 6.07) is 9.91. The fraction of sp³-hybridized carbons (Fsp3) is 0.231. The SMILES string of the molecule is COc1ccc(-c2cccn2C)c(OC)c1. The van der Waals surface area contributed by atoms with Gasteiger partial charge in [0.25, 0.3) is 0 Å². The van der Waals surface area contributed by atoms with Crippen molar-refractivity contribution in [2.45, 2.75) is 0 Å². The number of rotatable bonds is 3. The molecule has 0 unspecified atom stereocenters. The van der Waals surface area contributed by atoms with Gasteiger partial charge in [-0.3, -0.25) is 0 Å². The van der Waals surface area contributed by atoms with Crippen LogP contribution in [0.1, 0.15) is 0 Å². The van der Waals surface area contributed by atoms with Gasteiger partial charge in [-0.25, -0.2) is 0 Å². The molecule has 2 rings (SSSR count). The Bertz CT molecular complexity index is 488. The number of benzene rings is 1. The molecule has 0 N–H and O–H groups in total. The molecule has 0 radical (unpaired) electrons. The highest BCUT2D eigenvalue weighted by Crippen LogP contribution is 2.32. The highest BCUT2D eigenvalue weighted by atomic mass is 16.5. The van der Waals surface area contributed by atoms with Crippen molar-refractivity contribution in [3.05, 3.63) is 36.5 Å². The normalized spacial score (nSPS) is 10.2. The summed E-state index contributed by atoms with van der Waals surface area (Å²) in [6.07, 6.45) is 2.01. The first-order chi connectivity index (χ1) is 7.76. The topological polar surface area (TPSA) is 23.4 Å². The lowest BCUT2D eigenvalue weighted by Crippen LogP contribution is -1.94. The van der Waals surface area contributed by atoms with Crippen LogP contribution >= 0.6 is 0 Å². The third kappa shape index (κ3) is 1.76. The van der Waals surface area contributed by atoms with E-state index >= 15 is 0 Å². The summed E-state index contributed by atoms with van der Waals surface area (Å²) < 4.78 is 12.6. The Morgan fingerprint density at radius 3 is 2.44 bits per heavy atom. The van der Waals surface area contributed by atoms with Gasteiger partial charge in [-0.1, -0.05) is 0 Å². The highest BCUT2D eigenvalue weighted by Gasteiger charge is 2.09. The fourth-order valence-electron chi connectivity index (χ4n) is 1.75. The Balaban J connectivity index is 2.53. The number of hydrogen-bond donors (Lipinski definition) is 0. The fourth-order valence-corrected chi connectivity index (χ4v) is 1.75. The van der Waals surface area contributed by atoms with E-state index in [4.69, 9.17) is 9.47 Å². The Morgan fingerprint density at radius 2 is 1.88 bits per heavy atom. The largest absolute Gasteiger partial charge is 0.497 e. The van der Waals surface area contributed by atoms with E-state index in [1.165, 1.54) is 0 Å². The molecule has 0 aliphatic carbocycles. The molecule has 1 aromatic carbocycles. The average Bonchev–Trinajstić information content (AvgIpc) is 2.74. The van der Waals surface area contributed by atoms with Gasteiger partial charge >= 0.3 is 0 Å². The second kappa shape index (κ2) is 4.31. The molecule has 0 amide bonds. The van der Waals surface area contributed by atoms with Gasteiger partial charge in [0.05, 0.1) is 19.9 Å². The maximum atomic E-state index is 5.37. The molecule has 0 spiro atoms. The molecule has 3 nitrogen and oxygen atoms in total. The van der Waals surface area contributed by atoms with Gasteiger partial charge in [0, 0.05) is 24.9 Å². The molecule has 84 valence electrons. The summed E-state index contributed by atoms with van der Waals surface area (Å²) in [4.78, 5) is 0. The predicted molar refractivity (Wildman–Crippen MR) is 64.0 cm³/mol. The number of nitrogens with zero attached hydrogens (tertiary/aromatic N) is 1. The first-order valence-corrected chi connectivity index (χ1v) is 5.10. The van der Waals surface area contributed by atoms with Crippen LogP contribution in [-0.2, 0) is 7.05 Å². The van der Waals surface area contributed by atoms with Gasteiger partial charge in [-0.05, 0) is 24.3 Å². The Labute approximate surface area is 95.2 Å². The van der Waals surface area contributed by atoms with Crippen molar-refractivity contribution in [1.29, 1.82) is 0 Å². The summed E-state index contributed by atoms with van der Waals surface area (Å²) in [5, 5.41) is 0. The summed E-state index contributed by atoms with van der Waals surface area (Å²) in [7, 11) is 5.33. The van der Waals surface area contributed by atoms with E-state index in [0.717, 1.165) is 22.8 Å². The molecule has 0 aliphatic heterocycles. The first-order valence-electron chi connectivity index (χ1n) is 5.10. The Hall–Kier alpha value is -1.90. The monoisotopic (exact) mass is 217 g/mol. The van der Waals surface area contributed by atoms with Gasteiger partial charge in [0.1, 0.15) is 11.5 Å². The molecule has 16 heavy (non-hydrogen) atoms. The van der Waals surface area contributed by atoms with Crippen molar-refractivity contribution in [3.8, 4) is 22.8 Å². The van der Waals surface area contributed by atoms with Crippen LogP contribution in [0.25, 0.3) is 11.3 Å². The zero-order valence-corrected chi connectivity index (χ0v) is 9.73. The Morgan fingerprint density at radius 1 is 1.06 bits per heavy atom. The maximum absolute atomic E-state index is 5.37. The van der Waals surface area contributed by atoms with Crippen molar-refractivity contribution in [2.24, 2.45) is 7.05 Å². The van der Waals surface area contributed by atoms with Crippen LogP contribution in [0.15, 0.2) is 36.5 Å². The van der Waals surface area contributed by atoms with E-state index in [0.29, 0.717) is 0 Å². The van der Waals surface area contributed by atoms with E-state index in [-0.39, 0.29) is 0 Å². The second-order valence-electron chi connectivity index (χ2n) is 3.57. The smallest absolute Gasteiger partial charge is 0.131 e. The molecule has 3 heteroatoms. The van der Waals surface area contributed by atoms with Gasteiger partial charge in [0.15, 0.2) is 0 Å². The first kappa shape index (κ1) is 10.6. The summed E-state index contributed by atoms with van der Waals surface area (Å²) >= 11 is 0. The van der Waals surface area contributed by atoms with Crippen LogP contribution in [0.5, 0.6) is 11.5 Å². The van der Waals surface area contributed by atoms with Crippen LogP contribution in [0.4, 0.5) is 0 Å². The summed E-state index contributed by atoms with van der Waals surface area (Å²) in [5.41, 5.74) is 2.19. The van der Waals surface area contributed by atoms with Crippen molar-refractivity contribution in [3.63, 3.8) is 0 Å². The van der Waals surface area contributed by atoms with Crippen LogP contribution in [0, 0.1) is 0 Å². The maximum Gasteiger partial charge on any atom is 0.131 e. The van der Waals surface area contributed by atoms with Crippen molar-refractivity contribution in [1.82, 2.24) is 4.57 Å². The number of hydrogen-bond acceptors (Lipinski definition) is 2. The molecule has 1 heterocycles. The molecular formula is C13H15NO2. The average molecular weight is 217 g/mol. The Kier molecular flexibility index (Phi) is 2.86. The van der Waals surface area contributed by atoms with Crippen LogP contribution < -0.4 is 9.47 Å². The van der Waals surface area contributed by atoms with Crippen molar-refractivity contribution >= 4 is 0 Å². The lowest BCUT2D eigenvalue weighted by atomic mass is 10.1. The minimum atomic E-state index is 0.801. The molecule has 0 aliphatic rings. The molecule has 0 bridgehead atoms. The molecule has 1 aromatic heterocycles. The highest BCUT2D eigenvalue weighted by molar-refractivity contribution is 5.69. The van der Waals surface area contributed by atoms with Gasteiger partial charge in [-0.2, -0.15) is 0 Å². The number of aromatic nitrogens is 1. The summed E-state index contributed by atoms with van der Waals surface area (Å²) in [6.45, 7) is 0. The summed E-state index contributed by atoms with van der Waals surface area (Å²) in [5.74, 6) is 1.62. The van der Waals surface area contributed by atoms with Crippen molar-refractivity contribution in [2.75, 3.05) is 14.2 Å². The number of methoxy groups -OCH3 is 2. The van der Waals surface area contributed by atoms with Crippen molar-refractivity contribution < 1.29 is 9.47 Å². The quantitative estimate of drug-likeness (QED) is 0.789. The molecule has 0 fully saturated rings. The minimum absolute atomic E-state index is 0.801. The van der Waals surface area contributed by atoms with E-state index < -0.39 is 0 Å². The lowest BCUT2D eigenvalue weighted by Gasteiger charge is -2.11. The molecule has 0 saturated carbocycles. The van der Waals surface area contributed by atoms with Gasteiger partial charge in [0.2, 0.25) is 0 Å². The van der Waals surface area contributed by atoms with Crippen LogP contribution in [0.2, 0.25) is 0 Å². The third-order valence-corrected chi connectivity index (χ3v) is 2.63. The lowest BCUT2D eigenvalue weighted by molar-refractivity contribution is 0.395. The molecule has 2 aromatic rings. The molecular weight excluding hydrogens is 202 g/mol. The zero-order valence-electron chi connectivity index (χ0n) is 9.73. The number of ether oxygens (including phenoxy) is 2. The number of aryl methyl sites for hydroxylation is 1. The predicted octanol–water partition coefficient (Wildman–Crippen LogP) is 2.71. The standard InChI is InChI=1S/C13H15NO2/c1-14-8-4-5-12(14)11-7-6-10(15-2)9-13(11)16-3/h4-9H,1-3H3.